The van der Waals surface area contributed by atoms with Gasteiger partial charge in [-0.2, -0.15) is 11.3 Å². The Labute approximate surface area is 91.1 Å². The van der Waals surface area contributed by atoms with Gasteiger partial charge >= 0.3 is 12.0 Å². The SMILES string of the molecule is CNC(=O)N[C@H](CC(=O)O)c1ccsc1. The van der Waals surface area contributed by atoms with Crippen molar-refractivity contribution in [1.29, 1.82) is 0 Å². The maximum absolute atomic E-state index is 11.1. The highest BCUT2D eigenvalue weighted by Crippen LogP contribution is 2.19. The average molecular weight is 228 g/mol. The molecule has 0 aromatic carbocycles. The summed E-state index contributed by atoms with van der Waals surface area (Å²) in [4.78, 5) is 21.7. The van der Waals surface area contributed by atoms with E-state index < -0.39 is 12.0 Å². The molecule has 1 aromatic heterocycles. The predicted octanol–water partition coefficient (Wildman–Crippen LogP) is 1.19. The number of amides is 2. The number of carbonyl (C=O) groups excluding carboxylic acids is 1. The van der Waals surface area contributed by atoms with Gasteiger partial charge in [0.15, 0.2) is 0 Å². The molecule has 0 bridgehead atoms. The molecule has 0 saturated carbocycles. The summed E-state index contributed by atoms with van der Waals surface area (Å²) < 4.78 is 0. The summed E-state index contributed by atoms with van der Waals surface area (Å²) in [5, 5.41) is 17.3. The van der Waals surface area contributed by atoms with E-state index in [2.05, 4.69) is 10.6 Å². The van der Waals surface area contributed by atoms with Gasteiger partial charge in [-0.3, -0.25) is 4.79 Å². The molecular formula is C9H12N2O3S. The average Bonchev–Trinajstić information content (AvgIpc) is 2.68. The second-order valence-corrected chi connectivity index (χ2v) is 3.71. The van der Waals surface area contributed by atoms with E-state index in [0.717, 1.165) is 5.56 Å². The third-order valence-corrected chi connectivity index (χ3v) is 2.56. The molecule has 1 atom stereocenters. The van der Waals surface area contributed by atoms with Crippen LogP contribution in [0.3, 0.4) is 0 Å². The number of aliphatic carboxylic acids is 1. The van der Waals surface area contributed by atoms with Crippen LogP contribution in [0.1, 0.15) is 18.0 Å². The lowest BCUT2D eigenvalue weighted by atomic mass is 10.1. The molecule has 0 fully saturated rings. The molecule has 1 rings (SSSR count). The van der Waals surface area contributed by atoms with Crippen LogP contribution in [0.5, 0.6) is 0 Å². The molecule has 2 amide bonds. The van der Waals surface area contributed by atoms with Gasteiger partial charge in [0.25, 0.3) is 0 Å². The number of nitrogens with one attached hydrogen (secondary N) is 2. The zero-order chi connectivity index (χ0) is 11.3. The maximum Gasteiger partial charge on any atom is 0.315 e. The van der Waals surface area contributed by atoms with Crippen LogP contribution in [0.2, 0.25) is 0 Å². The van der Waals surface area contributed by atoms with Crippen molar-refractivity contribution >= 4 is 23.3 Å². The molecular weight excluding hydrogens is 216 g/mol. The molecule has 15 heavy (non-hydrogen) atoms. The number of carboxylic acid groups (broad SMARTS) is 1. The van der Waals surface area contributed by atoms with E-state index in [1.807, 2.05) is 10.8 Å². The molecule has 1 aromatic rings. The highest BCUT2D eigenvalue weighted by molar-refractivity contribution is 7.07. The van der Waals surface area contributed by atoms with Gasteiger partial charge in [0, 0.05) is 7.05 Å². The number of hydrogen-bond acceptors (Lipinski definition) is 3. The highest BCUT2D eigenvalue weighted by atomic mass is 32.1. The summed E-state index contributed by atoms with van der Waals surface area (Å²) >= 11 is 1.47. The molecule has 0 saturated heterocycles. The van der Waals surface area contributed by atoms with Crippen LogP contribution < -0.4 is 10.6 Å². The van der Waals surface area contributed by atoms with E-state index in [1.54, 1.807) is 6.07 Å². The first-order chi connectivity index (χ1) is 7.13. The molecule has 0 spiro atoms. The minimum absolute atomic E-state index is 0.121. The zero-order valence-electron chi connectivity index (χ0n) is 8.19. The zero-order valence-corrected chi connectivity index (χ0v) is 9.00. The van der Waals surface area contributed by atoms with E-state index in [1.165, 1.54) is 18.4 Å². The van der Waals surface area contributed by atoms with Crippen molar-refractivity contribution in [3.05, 3.63) is 22.4 Å². The Balaban J connectivity index is 2.70. The van der Waals surface area contributed by atoms with Crippen LogP contribution >= 0.6 is 11.3 Å². The van der Waals surface area contributed by atoms with Crippen molar-refractivity contribution in [1.82, 2.24) is 10.6 Å². The summed E-state index contributed by atoms with van der Waals surface area (Å²) in [6, 6.07) is 0.940. The summed E-state index contributed by atoms with van der Waals surface area (Å²) in [7, 11) is 1.49. The van der Waals surface area contributed by atoms with E-state index in [0.29, 0.717) is 0 Å². The van der Waals surface area contributed by atoms with Gasteiger partial charge in [0.1, 0.15) is 0 Å². The molecule has 6 heteroatoms. The maximum atomic E-state index is 11.1. The number of carbonyl (C=O) groups is 2. The van der Waals surface area contributed by atoms with E-state index in [9.17, 15) is 9.59 Å². The molecule has 5 nitrogen and oxygen atoms in total. The van der Waals surface area contributed by atoms with Crippen LogP contribution in [-0.2, 0) is 4.79 Å². The van der Waals surface area contributed by atoms with Crippen molar-refractivity contribution in [3.8, 4) is 0 Å². The van der Waals surface area contributed by atoms with Crippen LogP contribution in [-0.4, -0.2) is 24.2 Å². The molecule has 0 aliphatic heterocycles. The van der Waals surface area contributed by atoms with Crippen molar-refractivity contribution in [3.63, 3.8) is 0 Å². The fourth-order valence-electron chi connectivity index (χ4n) is 1.13. The summed E-state index contributed by atoms with van der Waals surface area (Å²) in [5.74, 6) is -0.942. The Kier molecular flexibility index (Phi) is 4.11. The lowest BCUT2D eigenvalue weighted by molar-refractivity contribution is -0.137. The highest BCUT2D eigenvalue weighted by Gasteiger charge is 2.17. The van der Waals surface area contributed by atoms with Gasteiger partial charge in [0.05, 0.1) is 12.5 Å². The summed E-state index contributed by atoms with van der Waals surface area (Å²) in [5.41, 5.74) is 0.811. The normalized spacial score (nSPS) is 11.8. The summed E-state index contributed by atoms with van der Waals surface area (Å²) in [6.07, 6.45) is -0.121. The molecule has 3 N–H and O–H groups in total. The number of thiophene rings is 1. The fraction of sp³-hybridized carbons (Fsp3) is 0.333. The molecule has 0 aliphatic rings. The van der Waals surface area contributed by atoms with E-state index >= 15 is 0 Å². The number of rotatable bonds is 4. The Bertz CT molecular complexity index is 337. The first-order valence-electron chi connectivity index (χ1n) is 4.35. The third kappa shape index (κ3) is 3.59. The first-order valence-corrected chi connectivity index (χ1v) is 5.30. The Morgan fingerprint density at radius 1 is 1.60 bits per heavy atom. The van der Waals surface area contributed by atoms with Crippen molar-refractivity contribution in [2.75, 3.05) is 7.05 Å². The number of carboxylic acids is 1. The first kappa shape index (κ1) is 11.5. The quantitative estimate of drug-likeness (QED) is 0.724. The van der Waals surface area contributed by atoms with Crippen molar-refractivity contribution < 1.29 is 14.7 Å². The van der Waals surface area contributed by atoms with E-state index in [-0.39, 0.29) is 12.5 Å². The monoisotopic (exact) mass is 228 g/mol. The van der Waals surface area contributed by atoms with E-state index in [4.69, 9.17) is 5.11 Å². The third-order valence-electron chi connectivity index (χ3n) is 1.86. The van der Waals surface area contributed by atoms with Gasteiger partial charge in [-0.1, -0.05) is 0 Å². The largest absolute Gasteiger partial charge is 0.481 e. The van der Waals surface area contributed by atoms with Crippen LogP contribution in [0.25, 0.3) is 0 Å². The molecule has 1 heterocycles. The van der Waals surface area contributed by atoms with Gasteiger partial charge in [-0.15, -0.1) is 0 Å². The van der Waals surface area contributed by atoms with Gasteiger partial charge in [-0.05, 0) is 22.4 Å². The van der Waals surface area contributed by atoms with Gasteiger partial charge in [-0.25, -0.2) is 4.79 Å². The Hall–Kier alpha value is -1.56. The Morgan fingerprint density at radius 3 is 2.80 bits per heavy atom. The van der Waals surface area contributed by atoms with Gasteiger partial charge < -0.3 is 15.7 Å². The second-order valence-electron chi connectivity index (χ2n) is 2.93. The summed E-state index contributed by atoms with van der Waals surface area (Å²) in [6.45, 7) is 0. The number of hydrogen-bond donors (Lipinski definition) is 3. The fourth-order valence-corrected chi connectivity index (χ4v) is 1.84. The van der Waals surface area contributed by atoms with Crippen molar-refractivity contribution in [2.45, 2.75) is 12.5 Å². The second kappa shape index (κ2) is 5.35. The van der Waals surface area contributed by atoms with Crippen LogP contribution in [0.4, 0.5) is 4.79 Å². The minimum Gasteiger partial charge on any atom is -0.481 e. The smallest absolute Gasteiger partial charge is 0.315 e. The van der Waals surface area contributed by atoms with Gasteiger partial charge in [0.2, 0.25) is 0 Å². The molecule has 0 aliphatic carbocycles. The minimum atomic E-state index is -0.942. The topological polar surface area (TPSA) is 78.4 Å². The Morgan fingerprint density at radius 2 is 2.33 bits per heavy atom. The van der Waals surface area contributed by atoms with Crippen LogP contribution in [0, 0.1) is 0 Å². The molecule has 0 radical (unpaired) electrons. The lowest BCUT2D eigenvalue weighted by Crippen LogP contribution is -2.36. The lowest BCUT2D eigenvalue weighted by Gasteiger charge is -2.15. The van der Waals surface area contributed by atoms with Crippen LogP contribution in [0.15, 0.2) is 16.8 Å². The number of urea groups is 1. The molecule has 82 valence electrons. The predicted molar refractivity (Wildman–Crippen MR) is 56.9 cm³/mol. The standard InChI is InChI=1S/C9H12N2O3S/c1-10-9(14)11-7(4-8(12)13)6-2-3-15-5-6/h2-3,5,7H,4H2,1H3,(H,12,13)(H2,10,11,14)/t7-/m1/s1. The molecule has 0 unspecified atom stereocenters. The van der Waals surface area contributed by atoms with Crippen molar-refractivity contribution in [2.24, 2.45) is 0 Å².